The topological polar surface area (TPSA) is 72.8 Å². The van der Waals surface area contributed by atoms with Crippen molar-refractivity contribution in [1.82, 2.24) is 10.4 Å². The van der Waals surface area contributed by atoms with Gasteiger partial charge in [0.25, 0.3) is 5.91 Å². The highest BCUT2D eigenvalue weighted by molar-refractivity contribution is 7.15. The first kappa shape index (κ1) is 22.8. The van der Waals surface area contributed by atoms with Gasteiger partial charge >= 0.3 is 0 Å². The van der Waals surface area contributed by atoms with Crippen molar-refractivity contribution in [3.63, 3.8) is 0 Å². The van der Waals surface area contributed by atoms with E-state index in [-0.39, 0.29) is 12.0 Å². The Labute approximate surface area is 190 Å². The fourth-order valence-electron chi connectivity index (χ4n) is 2.81. The van der Waals surface area contributed by atoms with Crippen molar-refractivity contribution >= 4 is 35.1 Å². The van der Waals surface area contributed by atoms with Crippen LogP contribution in [0.3, 0.4) is 0 Å². The lowest BCUT2D eigenvalue weighted by atomic mass is 10.2. The maximum Gasteiger partial charge on any atom is 0.291 e. The number of hydrogen-bond donors (Lipinski definition) is 1. The SMILES string of the molecule is CCOc1cc(/C=N\NC(=O)c2nc(-c3ccccc3)sc2C)cc(Cl)c1OC(C)C. The first-order chi connectivity index (χ1) is 14.9. The summed E-state index contributed by atoms with van der Waals surface area (Å²) in [5.74, 6) is 0.647. The Balaban J connectivity index is 1.74. The number of carbonyl (C=O) groups excluding carboxylic acids is 1. The Morgan fingerprint density at radius 1 is 1.29 bits per heavy atom. The van der Waals surface area contributed by atoms with Gasteiger partial charge in [0.2, 0.25) is 0 Å². The second-order valence-electron chi connectivity index (χ2n) is 6.92. The predicted octanol–water partition coefficient (Wildman–Crippen LogP) is 5.72. The fraction of sp³-hybridized carbons (Fsp3) is 0.261. The van der Waals surface area contributed by atoms with Crippen LogP contribution in [0.1, 0.15) is 41.7 Å². The summed E-state index contributed by atoms with van der Waals surface area (Å²) in [5.41, 5.74) is 4.53. The van der Waals surface area contributed by atoms with Crippen molar-refractivity contribution in [2.24, 2.45) is 5.10 Å². The van der Waals surface area contributed by atoms with Gasteiger partial charge in [0, 0.05) is 10.4 Å². The Morgan fingerprint density at radius 3 is 2.71 bits per heavy atom. The Kier molecular flexibility index (Phi) is 7.65. The van der Waals surface area contributed by atoms with Gasteiger partial charge in [0.05, 0.1) is 23.9 Å². The molecule has 0 radical (unpaired) electrons. The standard InChI is InChI=1S/C23H24ClN3O3S/c1-5-29-19-12-16(11-18(24)21(19)30-14(2)3)13-25-27-22(28)20-15(4)31-23(26-20)17-9-7-6-8-10-17/h6-14H,5H2,1-4H3,(H,27,28)/b25-13-. The van der Waals surface area contributed by atoms with Crippen molar-refractivity contribution < 1.29 is 14.3 Å². The van der Waals surface area contributed by atoms with Gasteiger partial charge in [-0.15, -0.1) is 11.3 Å². The summed E-state index contributed by atoms with van der Waals surface area (Å²) in [5, 5.41) is 5.26. The monoisotopic (exact) mass is 457 g/mol. The number of hydrazone groups is 1. The van der Waals surface area contributed by atoms with Crippen molar-refractivity contribution in [3.05, 3.63) is 63.6 Å². The van der Waals surface area contributed by atoms with Crippen molar-refractivity contribution in [3.8, 4) is 22.1 Å². The van der Waals surface area contributed by atoms with Gasteiger partial charge < -0.3 is 9.47 Å². The molecule has 0 spiro atoms. The van der Waals surface area contributed by atoms with Gasteiger partial charge in [-0.2, -0.15) is 5.10 Å². The van der Waals surface area contributed by atoms with E-state index in [1.165, 1.54) is 17.6 Å². The Morgan fingerprint density at radius 2 is 2.03 bits per heavy atom. The van der Waals surface area contributed by atoms with E-state index in [4.69, 9.17) is 21.1 Å². The van der Waals surface area contributed by atoms with Crippen LogP contribution in [-0.2, 0) is 0 Å². The number of carbonyl (C=O) groups is 1. The van der Waals surface area contributed by atoms with Crippen LogP contribution in [0.4, 0.5) is 0 Å². The van der Waals surface area contributed by atoms with Gasteiger partial charge in [0.1, 0.15) is 10.7 Å². The number of nitrogens with zero attached hydrogens (tertiary/aromatic N) is 2. The number of aryl methyl sites for hydroxylation is 1. The second kappa shape index (κ2) is 10.4. The second-order valence-corrected chi connectivity index (χ2v) is 8.53. The van der Waals surface area contributed by atoms with Crippen molar-refractivity contribution in [2.45, 2.75) is 33.8 Å². The molecular weight excluding hydrogens is 434 g/mol. The summed E-state index contributed by atoms with van der Waals surface area (Å²) >= 11 is 7.84. The van der Waals surface area contributed by atoms with Crippen molar-refractivity contribution in [2.75, 3.05) is 6.61 Å². The summed E-state index contributed by atoms with van der Waals surface area (Å²) in [6.07, 6.45) is 1.46. The molecule has 1 amide bonds. The van der Waals surface area contributed by atoms with Crippen LogP contribution >= 0.6 is 22.9 Å². The van der Waals surface area contributed by atoms with E-state index in [2.05, 4.69) is 15.5 Å². The lowest BCUT2D eigenvalue weighted by Crippen LogP contribution is -2.19. The first-order valence-electron chi connectivity index (χ1n) is 9.88. The highest BCUT2D eigenvalue weighted by Gasteiger charge is 2.16. The van der Waals surface area contributed by atoms with Crippen LogP contribution in [-0.4, -0.2) is 29.8 Å². The van der Waals surface area contributed by atoms with Gasteiger partial charge in [-0.05, 0) is 45.4 Å². The number of thiazole rings is 1. The maximum atomic E-state index is 12.6. The summed E-state index contributed by atoms with van der Waals surface area (Å²) in [6.45, 7) is 8.05. The number of amides is 1. The van der Waals surface area contributed by atoms with Crippen LogP contribution in [0.25, 0.3) is 10.6 Å². The summed E-state index contributed by atoms with van der Waals surface area (Å²) < 4.78 is 11.4. The third-order valence-corrected chi connectivity index (χ3v) is 5.40. The molecule has 1 aromatic heterocycles. The zero-order valence-electron chi connectivity index (χ0n) is 17.8. The molecule has 3 aromatic rings. The molecule has 0 unspecified atom stereocenters. The van der Waals surface area contributed by atoms with Gasteiger partial charge in [-0.25, -0.2) is 10.4 Å². The summed E-state index contributed by atoms with van der Waals surface area (Å²) in [6, 6.07) is 13.2. The van der Waals surface area contributed by atoms with E-state index >= 15 is 0 Å². The van der Waals surface area contributed by atoms with Crippen LogP contribution in [0.15, 0.2) is 47.6 Å². The number of benzene rings is 2. The Hall–Kier alpha value is -2.90. The van der Waals surface area contributed by atoms with Crippen LogP contribution in [0.2, 0.25) is 5.02 Å². The minimum atomic E-state index is -0.372. The zero-order chi connectivity index (χ0) is 22.4. The number of nitrogens with one attached hydrogen (secondary N) is 1. The van der Waals surface area contributed by atoms with Gasteiger partial charge in [-0.1, -0.05) is 41.9 Å². The number of halogens is 1. The predicted molar refractivity (Wildman–Crippen MR) is 126 cm³/mol. The molecule has 0 aliphatic carbocycles. The van der Waals surface area contributed by atoms with Crippen LogP contribution in [0.5, 0.6) is 11.5 Å². The molecule has 2 aromatic carbocycles. The zero-order valence-corrected chi connectivity index (χ0v) is 19.4. The third-order valence-electron chi connectivity index (χ3n) is 4.10. The van der Waals surface area contributed by atoms with E-state index in [1.807, 2.05) is 58.0 Å². The number of rotatable bonds is 8. The molecule has 6 nitrogen and oxygen atoms in total. The number of hydrogen-bond acceptors (Lipinski definition) is 6. The van der Waals surface area contributed by atoms with Gasteiger partial charge in [-0.3, -0.25) is 4.79 Å². The average molecular weight is 458 g/mol. The molecule has 3 rings (SSSR count). The minimum absolute atomic E-state index is 0.0439. The highest BCUT2D eigenvalue weighted by Crippen LogP contribution is 2.37. The minimum Gasteiger partial charge on any atom is -0.490 e. The van der Waals surface area contributed by atoms with E-state index in [1.54, 1.807) is 12.1 Å². The third kappa shape index (κ3) is 5.83. The maximum absolute atomic E-state index is 12.6. The van der Waals surface area contributed by atoms with Gasteiger partial charge in [0.15, 0.2) is 11.5 Å². The quantitative estimate of drug-likeness (QED) is 0.346. The molecule has 0 saturated carbocycles. The first-order valence-corrected chi connectivity index (χ1v) is 11.1. The van der Waals surface area contributed by atoms with E-state index in [0.29, 0.717) is 34.4 Å². The molecule has 31 heavy (non-hydrogen) atoms. The summed E-state index contributed by atoms with van der Waals surface area (Å²) in [7, 11) is 0. The molecule has 0 aliphatic heterocycles. The average Bonchev–Trinajstić information content (AvgIpc) is 3.13. The molecule has 1 heterocycles. The molecule has 0 fully saturated rings. The number of ether oxygens (including phenoxy) is 2. The lowest BCUT2D eigenvalue weighted by Gasteiger charge is -2.16. The molecule has 0 bridgehead atoms. The van der Waals surface area contributed by atoms with Crippen LogP contribution < -0.4 is 14.9 Å². The van der Waals surface area contributed by atoms with Crippen molar-refractivity contribution in [1.29, 1.82) is 0 Å². The smallest absolute Gasteiger partial charge is 0.291 e. The molecule has 8 heteroatoms. The molecule has 162 valence electrons. The highest BCUT2D eigenvalue weighted by atomic mass is 35.5. The van der Waals surface area contributed by atoms with Crippen LogP contribution in [0, 0.1) is 6.92 Å². The lowest BCUT2D eigenvalue weighted by molar-refractivity contribution is 0.0950. The fourth-order valence-corrected chi connectivity index (χ4v) is 3.98. The number of aromatic nitrogens is 1. The molecular formula is C23H24ClN3O3S. The molecule has 0 aliphatic rings. The van der Waals surface area contributed by atoms with E-state index in [0.717, 1.165) is 15.4 Å². The largest absolute Gasteiger partial charge is 0.490 e. The normalized spacial score (nSPS) is 11.2. The molecule has 1 N–H and O–H groups in total. The van der Waals surface area contributed by atoms with E-state index in [9.17, 15) is 4.79 Å². The Bertz CT molecular complexity index is 1080. The van der Waals surface area contributed by atoms with E-state index < -0.39 is 0 Å². The molecule has 0 atom stereocenters. The summed E-state index contributed by atoms with van der Waals surface area (Å²) in [4.78, 5) is 17.9. The molecule has 0 saturated heterocycles.